The number of hydrogen-bond donors (Lipinski definition) is 1. The maximum Gasteiger partial charge on any atom is 0.357 e. The monoisotopic (exact) mass is 432 g/mol. The predicted octanol–water partition coefficient (Wildman–Crippen LogP) is 4.02. The molecule has 2 rings (SSSR count). The van der Waals surface area contributed by atoms with Crippen LogP contribution < -0.4 is 10.6 Å². The van der Waals surface area contributed by atoms with Crippen LogP contribution in [0.15, 0.2) is 28.7 Å². The lowest BCUT2D eigenvalue weighted by atomic mass is 10.2. The standard InChI is InChI=1S/C20H25BrN4O2/c1-5-27-20(26)18-17(23)16(10-22)19(24(4)11-13(2)3)25(18)12-14-6-8-15(21)9-7-14/h6-9,13H,5,11-12,23H2,1-4H3. The molecule has 1 heterocycles. The molecule has 0 aliphatic heterocycles. The molecule has 0 fully saturated rings. The van der Waals surface area contributed by atoms with E-state index in [9.17, 15) is 10.1 Å². The van der Waals surface area contributed by atoms with Gasteiger partial charge in [0.05, 0.1) is 12.3 Å². The highest BCUT2D eigenvalue weighted by Gasteiger charge is 2.29. The molecule has 0 amide bonds. The summed E-state index contributed by atoms with van der Waals surface area (Å²) in [7, 11) is 1.91. The number of ether oxygens (including phenoxy) is 1. The Bertz CT molecular complexity index is 850. The Kier molecular flexibility index (Phi) is 6.92. The smallest absolute Gasteiger partial charge is 0.357 e. The van der Waals surface area contributed by atoms with E-state index < -0.39 is 5.97 Å². The molecule has 6 nitrogen and oxygen atoms in total. The van der Waals surface area contributed by atoms with Crippen molar-refractivity contribution in [2.75, 3.05) is 30.8 Å². The fourth-order valence-corrected chi connectivity index (χ4v) is 3.38. The highest BCUT2D eigenvalue weighted by Crippen LogP contribution is 2.33. The second-order valence-corrected chi connectivity index (χ2v) is 7.70. The molecule has 0 saturated heterocycles. The third-order valence-corrected chi connectivity index (χ3v) is 4.64. The molecule has 0 spiro atoms. The topological polar surface area (TPSA) is 84.3 Å². The molecule has 2 aromatic rings. The van der Waals surface area contributed by atoms with Gasteiger partial charge < -0.3 is 19.9 Å². The largest absolute Gasteiger partial charge is 0.461 e. The second-order valence-electron chi connectivity index (χ2n) is 6.78. The van der Waals surface area contributed by atoms with E-state index in [-0.39, 0.29) is 18.0 Å². The zero-order chi connectivity index (χ0) is 20.1. The Hall–Kier alpha value is -2.46. The van der Waals surface area contributed by atoms with Gasteiger partial charge in [0, 0.05) is 24.6 Å². The third-order valence-electron chi connectivity index (χ3n) is 4.11. The molecule has 144 valence electrons. The number of carbonyl (C=O) groups is 1. The highest BCUT2D eigenvalue weighted by molar-refractivity contribution is 9.10. The first-order valence-electron chi connectivity index (χ1n) is 8.84. The van der Waals surface area contributed by atoms with Crippen molar-refractivity contribution in [1.82, 2.24) is 4.57 Å². The van der Waals surface area contributed by atoms with Gasteiger partial charge >= 0.3 is 5.97 Å². The normalized spacial score (nSPS) is 10.7. The molecule has 0 radical (unpaired) electrons. The second kappa shape index (κ2) is 8.96. The summed E-state index contributed by atoms with van der Waals surface area (Å²) in [6, 6.07) is 9.98. The molecular weight excluding hydrogens is 408 g/mol. The summed E-state index contributed by atoms with van der Waals surface area (Å²) < 4.78 is 7.96. The average molecular weight is 433 g/mol. The lowest BCUT2D eigenvalue weighted by molar-refractivity contribution is 0.0516. The first-order valence-corrected chi connectivity index (χ1v) is 9.64. The maximum atomic E-state index is 12.6. The average Bonchev–Trinajstić information content (AvgIpc) is 2.88. The summed E-state index contributed by atoms with van der Waals surface area (Å²) in [6.07, 6.45) is 0. The van der Waals surface area contributed by atoms with E-state index in [1.807, 2.05) is 36.2 Å². The van der Waals surface area contributed by atoms with E-state index in [1.165, 1.54) is 0 Å². The molecule has 1 aromatic carbocycles. The van der Waals surface area contributed by atoms with Crippen LogP contribution in [0.2, 0.25) is 0 Å². The molecule has 0 saturated carbocycles. The summed E-state index contributed by atoms with van der Waals surface area (Å²) >= 11 is 3.43. The Morgan fingerprint density at radius 2 is 2.00 bits per heavy atom. The molecule has 1 aromatic heterocycles. The zero-order valence-corrected chi connectivity index (χ0v) is 17.7. The number of hydrogen-bond acceptors (Lipinski definition) is 5. The molecule has 0 bridgehead atoms. The van der Waals surface area contributed by atoms with Crippen LogP contribution in [-0.4, -0.2) is 30.7 Å². The molecule has 0 aliphatic carbocycles. The van der Waals surface area contributed by atoms with Gasteiger partial charge in [0.15, 0.2) is 5.69 Å². The van der Waals surface area contributed by atoms with Crippen LogP contribution >= 0.6 is 15.9 Å². The first kappa shape index (κ1) is 20.8. The number of rotatable bonds is 7. The van der Waals surface area contributed by atoms with E-state index in [1.54, 1.807) is 11.5 Å². The Morgan fingerprint density at radius 3 is 2.52 bits per heavy atom. The number of carbonyl (C=O) groups excluding carboxylic acids is 1. The highest BCUT2D eigenvalue weighted by atomic mass is 79.9. The third kappa shape index (κ3) is 4.64. The molecule has 7 heteroatoms. The fourth-order valence-electron chi connectivity index (χ4n) is 3.11. The van der Waals surface area contributed by atoms with E-state index in [0.29, 0.717) is 23.8 Å². The fraction of sp³-hybridized carbons (Fsp3) is 0.400. The molecular formula is C20H25BrN4O2. The zero-order valence-electron chi connectivity index (χ0n) is 16.1. The number of halogens is 1. The molecule has 27 heavy (non-hydrogen) atoms. The summed E-state index contributed by atoms with van der Waals surface area (Å²) in [5.74, 6) is 0.493. The Labute approximate surface area is 168 Å². The van der Waals surface area contributed by atoms with E-state index in [2.05, 4.69) is 35.8 Å². The number of nitrogens with zero attached hydrogens (tertiary/aromatic N) is 3. The van der Waals surface area contributed by atoms with Crippen LogP contribution in [0.25, 0.3) is 0 Å². The van der Waals surface area contributed by atoms with Gasteiger partial charge in [0.1, 0.15) is 17.5 Å². The van der Waals surface area contributed by atoms with Crippen molar-refractivity contribution in [1.29, 1.82) is 5.26 Å². The van der Waals surface area contributed by atoms with Crippen LogP contribution in [0.4, 0.5) is 11.5 Å². The van der Waals surface area contributed by atoms with E-state index in [0.717, 1.165) is 16.6 Å². The number of nitriles is 1. The minimum Gasteiger partial charge on any atom is -0.461 e. The van der Waals surface area contributed by atoms with Crippen molar-refractivity contribution in [3.63, 3.8) is 0 Å². The number of esters is 1. The number of nitrogen functional groups attached to an aromatic ring is 1. The van der Waals surface area contributed by atoms with E-state index >= 15 is 0 Å². The lowest BCUT2D eigenvalue weighted by Gasteiger charge is -2.24. The van der Waals surface area contributed by atoms with Gasteiger partial charge in [0.2, 0.25) is 0 Å². The van der Waals surface area contributed by atoms with Gasteiger partial charge in [-0.3, -0.25) is 0 Å². The minimum atomic E-state index is -0.521. The quantitative estimate of drug-likeness (QED) is 0.667. The van der Waals surface area contributed by atoms with Crippen LogP contribution in [0.5, 0.6) is 0 Å². The van der Waals surface area contributed by atoms with Crippen LogP contribution in [0.3, 0.4) is 0 Å². The van der Waals surface area contributed by atoms with Gasteiger partial charge in [-0.25, -0.2) is 4.79 Å². The van der Waals surface area contributed by atoms with Gasteiger partial charge in [-0.2, -0.15) is 5.26 Å². The summed E-state index contributed by atoms with van der Waals surface area (Å²) in [5, 5.41) is 9.71. The summed E-state index contributed by atoms with van der Waals surface area (Å²) in [6.45, 7) is 7.31. The minimum absolute atomic E-state index is 0.165. The van der Waals surface area contributed by atoms with Gasteiger partial charge in [-0.1, -0.05) is 41.9 Å². The van der Waals surface area contributed by atoms with Gasteiger partial charge in [0.25, 0.3) is 0 Å². The Balaban J connectivity index is 2.65. The summed E-state index contributed by atoms with van der Waals surface area (Å²) in [5.41, 5.74) is 7.90. The van der Waals surface area contributed by atoms with Crippen molar-refractivity contribution in [2.45, 2.75) is 27.3 Å². The first-order chi connectivity index (χ1) is 12.8. The van der Waals surface area contributed by atoms with Crippen molar-refractivity contribution >= 4 is 33.4 Å². The molecule has 0 atom stereocenters. The van der Waals surface area contributed by atoms with Crippen LogP contribution in [0.1, 0.15) is 42.4 Å². The lowest BCUT2D eigenvalue weighted by Crippen LogP contribution is -2.27. The maximum absolute atomic E-state index is 12.6. The van der Waals surface area contributed by atoms with Crippen LogP contribution in [0, 0.1) is 17.2 Å². The number of aromatic nitrogens is 1. The predicted molar refractivity (Wildman–Crippen MR) is 111 cm³/mol. The van der Waals surface area contributed by atoms with Crippen molar-refractivity contribution in [3.05, 3.63) is 45.6 Å². The SMILES string of the molecule is CCOC(=O)c1c(N)c(C#N)c(N(C)CC(C)C)n1Cc1ccc(Br)cc1. The van der Waals surface area contributed by atoms with Crippen molar-refractivity contribution in [3.8, 4) is 6.07 Å². The number of nitrogens with two attached hydrogens (primary N) is 1. The van der Waals surface area contributed by atoms with Gasteiger partial charge in [-0.15, -0.1) is 0 Å². The summed E-state index contributed by atoms with van der Waals surface area (Å²) in [4.78, 5) is 14.6. The molecule has 0 unspecified atom stereocenters. The van der Waals surface area contributed by atoms with E-state index in [4.69, 9.17) is 10.5 Å². The Morgan fingerprint density at radius 1 is 1.37 bits per heavy atom. The van der Waals surface area contributed by atoms with Crippen LogP contribution in [-0.2, 0) is 11.3 Å². The van der Waals surface area contributed by atoms with Crippen molar-refractivity contribution in [2.24, 2.45) is 5.92 Å². The number of benzene rings is 1. The molecule has 2 N–H and O–H groups in total. The van der Waals surface area contributed by atoms with Crippen molar-refractivity contribution < 1.29 is 9.53 Å². The number of anilines is 2. The molecule has 0 aliphatic rings. The van der Waals surface area contributed by atoms with Gasteiger partial charge in [-0.05, 0) is 30.5 Å².